The average molecular weight is 282 g/mol. The monoisotopic (exact) mass is 282 g/mol. The number of hydrogen-bond acceptors (Lipinski definition) is 3. The van der Waals surface area contributed by atoms with Gasteiger partial charge in [-0.2, -0.15) is 0 Å². The van der Waals surface area contributed by atoms with Crippen LogP contribution in [0.2, 0.25) is 0 Å². The van der Waals surface area contributed by atoms with Crippen molar-refractivity contribution in [2.45, 2.75) is 25.4 Å². The highest BCUT2D eigenvalue weighted by molar-refractivity contribution is 7.85. The van der Waals surface area contributed by atoms with Crippen LogP contribution in [0, 0.1) is 5.82 Å². The fourth-order valence-corrected chi connectivity index (χ4v) is 3.42. The average Bonchev–Trinajstić information content (AvgIpc) is 3.20. The molecule has 104 valence electrons. The van der Waals surface area contributed by atoms with Crippen molar-refractivity contribution in [3.8, 4) is 0 Å². The first-order valence-electron chi connectivity index (χ1n) is 6.83. The van der Waals surface area contributed by atoms with Crippen LogP contribution >= 0.6 is 0 Å². The molecule has 0 aromatic heterocycles. The first kappa shape index (κ1) is 13.1. The van der Waals surface area contributed by atoms with Gasteiger partial charge in [-0.25, -0.2) is 4.39 Å². The Bertz CT molecular complexity index is 480. The zero-order chi connectivity index (χ0) is 13.2. The SMILES string of the molecule is O=S1CCN(c2cc(F)cc(CNC3CC3)c2)CC1. The number of anilines is 1. The van der Waals surface area contributed by atoms with Gasteiger partial charge in [0.1, 0.15) is 5.82 Å². The van der Waals surface area contributed by atoms with Crippen molar-refractivity contribution in [1.82, 2.24) is 5.32 Å². The van der Waals surface area contributed by atoms with Crippen LogP contribution in [0.5, 0.6) is 0 Å². The van der Waals surface area contributed by atoms with Gasteiger partial charge in [-0.05, 0) is 36.6 Å². The number of nitrogens with zero attached hydrogens (tertiary/aromatic N) is 1. The lowest BCUT2D eigenvalue weighted by Crippen LogP contribution is -2.37. The van der Waals surface area contributed by atoms with Crippen LogP contribution < -0.4 is 10.2 Å². The van der Waals surface area contributed by atoms with Gasteiger partial charge in [0.15, 0.2) is 0 Å². The minimum absolute atomic E-state index is 0.184. The van der Waals surface area contributed by atoms with E-state index in [0.29, 0.717) is 17.5 Å². The molecule has 0 radical (unpaired) electrons. The van der Waals surface area contributed by atoms with E-state index in [1.54, 1.807) is 12.1 Å². The van der Waals surface area contributed by atoms with Crippen molar-refractivity contribution in [2.75, 3.05) is 29.5 Å². The van der Waals surface area contributed by atoms with E-state index in [1.165, 1.54) is 12.8 Å². The zero-order valence-corrected chi connectivity index (χ0v) is 11.7. The van der Waals surface area contributed by atoms with E-state index in [0.717, 1.165) is 30.9 Å². The Morgan fingerprint density at radius 1 is 1.26 bits per heavy atom. The smallest absolute Gasteiger partial charge is 0.125 e. The quantitative estimate of drug-likeness (QED) is 0.911. The number of benzene rings is 1. The molecule has 2 aliphatic rings. The topological polar surface area (TPSA) is 32.3 Å². The van der Waals surface area contributed by atoms with Crippen molar-refractivity contribution in [2.24, 2.45) is 0 Å². The first-order chi connectivity index (χ1) is 9.20. The standard InChI is InChI=1S/C14H19FN2OS/c15-12-7-11(10-16-13-1-2-13)8-14(9-12)17-3-5-19(18)6-4-17/h7-9,13,16H,1-6,10H2. The molecule has 3 rings (SSSR count). The highest BCUT2D eigenvalue weighted by Crippen LogP contribution is 2.22. The fraction of sp³-hybridized carbons (Fsp3) is 0.571. The minimum atomic E-state index is -0.694. The van der Waals surface area contributed by atoms with E-state index in [-0.39, 0.29) is 5.82 Å². The molecular weight excluding hydrogens is 263 g/mol. The summed E-state index contributed by atoms with van der Waals surface area (Å²) in [7, 11) is -0.694. The van der Waals surface area contributed by atoms with Crippen molar-refractivity contribution in [1.29, 1.82) is 0 Å². The summed E-state index contributed by atoms with van der Waals surface area (Å²) >= 11 is 0. The van der Waals surface area contributed by atoms with Gasteiger partial charge in [-0.15, -0.1) is 0 Å². The summed E-state index contributed by atoms with van der Waals surface area (Å²) in [6.45, 7) is 2.24. The Morgan fingerprint density at radius 2 is 2.00 bits per heavy atom. The Labute approximate surface area is 115 Å². The van der Waals surface area contributed by atoms with Crippen LogP contribution in [-0.2, 0) is 17.3 Å². The second kappa shape index (κ2) is 5.59. The molecule has 0 atom stereocenters. The maximum Gasteiger partial charge on any atom is 0.125 e. The molecule has 0 unspecified atom stereocenters. The molecule has 0 amide bonds. The van der Waals surface area contributed by atoms with E-state index in [9.17, 15) is 8.60 Å². The Morgan fingerprint density at radius 3 is 2.68 bits per heavy atom. The highest BCUT2D eigenvalue weighted by atomic mass is 32.2. The molecule has 0 spiro atoms. The van der Waals surface area contributed by atoms with Crippen LogP contribution in [0.3, 0.4) is 0 Å². The summed E-state index contributed by atoms with van der Waals surface area (Å²) in [6, 6.07) is 5.85. The third-order valence-electron chi connectivity index (χ3n) is 3.66. The van der Waals surface area contributed by atoms with E-state index >= 15 is 0 Å². The summed E-state index contributed by atoms with van der Waals surface area (Å²) in [5.74, 6) is 1.19. The van der Waals surface area contributed by atoms with Gasteiger partial charge in [0.25, 0.3) is 0 Å². The molecule has 0 bridgehead atoms. The van der Waals surface area contributed by atoms with Crippen LogP contribution in [0.1, 0.15) is 18.4 Å². The van der Waals surface area contributed by atoms with Gasteiger partial charge in [0.2, 0.25) is 0 Å². The van der Waals surface area contributed by atoms with Crippen molar-refractivity contribution in [3.63, 3.8) is 0 Å². The van der Waals surface area contributed by atoms with E-state index < -0.39 is 10.8 Å². The predicted octanol–water partition coefficient (Wildman–Crippen LogP) is 1.65. The molecule has 1 heterocycles. The number of halogens is 1. The van der Waals surface area contributed by atoms with Crippen LogP contribution in [0.15, 0.2) is 18.2 Å². The van der Waals surface area contributed by atoms with Gasteiger partial charge in [-0.1, -0.05) is 0 Å². The van der Waals surface area contributed by atoms with Crippen LogP contribution in [0.25, 0.3) is 0 Å². The van der Waals surface area contributed by atoms with E-state index in [2.05, 4.69) is 10.2 Å². The van der Waals surface area contributed by atoms with Crippen LogP contribution in [-0.4, -0.2) is 34.8 Å². The van der Waals surface area contributed by atoms with Gasteiger partial charge >= 0.3 is 0 Å². The molecule has 5 heteroatoms. The minimum Gasteiger partial charge on any atom is -0.370 e. The fourth-order valence-electron chi connectivity index (χ4n) is 2.36. The first-order valence-corrected chi connectivity index (χ1v) is 8.32. The lowest BCUT2D eigenvalue weighted by Gasteiger charge is -2.28. The second-order valence-corrected chi connectivity index (χ2v) is 7.00. The number of nitrogens with one attached hydrogen (secondary N) is 1. The van der Waals surface area contributed by atoms with Crippen LogP contribution in [0.4, 0.5) is 10.1 Å². The summed E-state index contributed by atoms with van der Waals surface area (Å²) in [5, 5.41) is 3.40. The van der Waals surface area contributed by atoms with Crippen molar-refractivity contribution in [3.05, 3.63) is 29.6 Å². The summed E-state index contributed by atoms with van der Waals surface area (Å²) in [4.78, 5) is 2.13. The van der Waals surface area contributed by atoms with Crippen molar-refractivity contribution >= 4 is 16.5 Å². The largest absolute Gasteiger partial charge is 0.370 e. The molecule has 1 aromatic carbocycles. The molecule has 3 nitrogen and oxygen atoms in total. The molecule has 1 aromatic rings. The Hall–Kier alpha value is -0.940. The van der Waals surface area contributed by atoms with Gasteiger partial charge in [0.05, 0.1) is 0 Å². The number of hydrogen-bond donors (Lipinski definition) is 1. The van der Waals surface area contributed by atoms with Gasteiger partial charge < -0.3 is 10.2 Å². The zero-order valence-electron chi connectivity index (χ0n) is 10.9. The maximum absolute atomic E-state index is 13.7. The van der Waals surface area contributed by atoms with E-state index in [1.807, 2.05) is 6.07 Å². The number of rotatable bonds is 4. The molecule has 1 N–H and O–H groups in total. The maximum atomic E-state index is 13.7. The summed E-state index contributed by atoms with van der Waals surface area (Å²) in [6.07, 6.45) is 2.47. The Balaban J connectivity index is 1.70. The highest BCUT2D eigenvalue weighted by Gasteiger charge is 2.21. The third-order valence-corrected chi connectivity index (χ3v) is 4.93. The summed E-state index contributed by atoms with van der Waals surface area (Å²) < 4.78 is 25.0. The molecule has 1 saturated heterocycles. The normalized spacial score (nSPS) is 20.8. The molecule has 1 saturated carbocycles. The molecule has 19 heavy (non-hydrogen) atoms. The second-order valence-electron chi connectivity index (χ2n) is 5.31. The molecular formula is C14H19FN2OS. The molecule has 1 aliphatic carbocycles. The van der Waals surface area contributed by atoms with E-state index in [4.69, 9.17) is 0 Å². The molecule has 1 aliphatic heterocycles. The lowest BCUT2D eigenvalue weighted by atomic mass is 10.1. The lowest BCUT2D eigenvalue weighted by molar-refractivity contribution is 0.618. The van der Waals surface area contributed by atoms with Gasteiger partial charge in [-0.3, -0.25) is 4.21 Å². The van der Waals surface area contributed by atoms with Gasteiger partial charge in [0, 0.05) is 53.7 Å². The predicted molar refractivity (Wildman–Crippen MR) is 76.4 cm³/mol. The third kappa shape index (κ3) is 3.54. The molecule has 2 fully saturated rings. The Kier molecular flexibility index (Phi) is 3.84. The van der Waals surface area contributed by atoms with Crippen molar-refractivity contribution < 1.29 is 8.60 Å². The summed E-state index contributed by atoms with van der Waals surface area (Å²) in [5.41, 5.74) is 1.91.